The molecule has 3 heteroatoms. The van der Waals surface area contributed by atoms with Gasteiger partial charge in [-0.25, -0.2) is 0 Å². The Morgan fingerprint density at radius 2 is 2.00 bits per heavy atom. The summed E-state index contributed by atoms with van der Waals surface area (Å²) in [6, 6.07) is 0. The van der Waals surface area contributed by atoms with Gasteiger partial charge in [-0.3, -0.25) is 4.90 Å². The van der Waals surface area contributed by atoms with Crippen LogP contribution in [0.3, 0.4) is 0 Å². The first kappa shape index (κ1) is 13.3. The number of nitrogens with zero attached hydrogens (tertiary/aromatic N) is 1. The summed E-state index contributed by atoms with van der Waals surface area (Å²) in [6.07, 6.45) is 4.13. The molecule has 3 nitrogen and oxygen atoms in total. The van der Waals surface area contributed by atoms with Crippen LogP contribution in [0, 0.1) is 0 Å². The Labute approximate surface area is 106 Å². The van der Waals surface area contributed by atoms with E-state index in [-0.39, 0.29) is 11.1 Å². The number of hydrogen-bond donors (Lipinski definition) is 1. The maximum atomic E-state index is 5.82. The van der Waals surface area contributed by atoms with E-state index in [4.69, 9.17) is 4.74 Å². The quantitative estimate of drug-likeness (QED) is 0.799. The molecule has 2 heterocycles. The van der Waals surface area contributed by atoms with Gasteiger partial charge in [0, 0.05) is 30.8 Å². The second-order valence-electron chi connectivity index (χ2n) is 6.80. The second-order valence-corrected chi connectivity index (χ2v) is 6.80. The summed E-state index contributed by atoms with van der Waals surface area (Å²) < 4.78 is 5.82. The zero-order valence-electron chi connectivity index (χ0n) is 11.9. The fraction of sp³-hybridized carbons (Fsp3) is 1.00. The standard InChI is InChI=1S/C14H28N2O/c1-13(2)7-8-15-11-14(3,4)16(13)10-12-6-5-9-17-12/h12,15H,5-11H2,1-4H3. The first-order valence-electron chi connectivity index (χ1n) is 7.02. The fourth-order valence-corrected chi connectivity index (χ4v) is 3.32. The second kappa shape index (κ2) is 4.87. The average molecular weight is 240 g/mol. The molecular formula is C14H28N2O. The van der Waals surface area contributed by atoms with Crippen molar-refractivity contribution in [3.05, 3.63) is 0 Å². The highest BCUT2D eigenvalue weighted by molar-refractivity contribution is 4.97. The van der Waals surface area contributed by atoms with Crippen LogP contribution in [-0.2, 0) is 4.74 Å². The summed E-state index contributed by atoms with van der Waals surface area (Å²) >= 11 is 0. The summed E-state index contributed by atoms with van der Waals surface area (Å²) in [4.78, 5) is 2.66. The van der Waals surface area contributed by atoms with Crippen molar-refractivity contribution in [3.63, 3.8) is 0 Å². The highest BCUT2D eigenvalue weighted by Gasteiger charge is 2.40. The van der Waals surface area contributed by atoms with E-state index in [0.717, 1.165) is 26.2 Å². The number of ether oxygens (including phenoxy) is 1. The van der Waals surface area contributed by atoms with Crippen LogP contribution >= 0.6 is 0 Å². The SMILES string of the molecule is CC1(C)CCNCC(C)(C)N1CC1CCCO1. The minimum absolute atomic E-state index is 0.214. The van der Waals surface area contributed by atoms with E-state index in [0.29, 0.717) is 6.10 Å². The number of nitrogens with one attached hydrogen (secondary N) is 1. The predicted molar refractivity (Wildman–Crippen MR) is 71.3 cm³/mol. The highest BCUT2D eigenvalue weighted by Crippen LogP contribution is 2.31. The zero-order valence-corrected chi connectivity index (χ0v) is 11.9. The van der Waals surface area contributed by atoms with Crippen LogP contribution in [0.2, 0.25) is 0 Å². The van der Waals surface area contributed by atoms with Crippen molar-refractivity contribution >= 4 is 0 Å². The van der Waals surface area contributed by atoms with Crippen molar-refractivity contribution in [1.82, 2.24) is 10.2 Å². The minimum Gasteiger partial charge on any atom is -0.377 e. The Kier molecular flexibility index (Phi) is 3.81. The molecule has 1 unspecified atom stereocenters. The fourth-order valence-electron chi connectivity index (χ4n) is 3.32. The van der Waals surface area contributed by atoms with Crippen LogP contribution in [0.5, 0.6) is 0 Å². The van der Waals surface area contributed by atoms with E-state index in [1.54, 1.807) is 0 Å². The van der Waals surface area contributed by atoms with Crippen LogP contribution in [0.25, 0.3) is 0 Å². The first-order chi connectivity index (χ1) is 7.92. The lowest BCUT2D eigenvalue weighted by atomic mass is 9.91. The third kappa shape index (κ3) is 3.01. The predicted octanol–water partition coefficient (Wildman–Crippen LogP) is 2.02. The summed E-state index contributed by atoms with van der Waals surface area (Å²) in [5, 5.41) is 3.57. The minimum atomic E-state index is 0.214. The third-order valence-electron chi connectivity index (χ3n) is 4.34. The molecule has 1 N–H and O–H groups in total. The normalized spacial score (nSPS) is 33.5. The van der Waals surface area contributed by atoms with Crippen LogP contribution in [0.1, 0.15) is 47.0 Å². The van der Waals surface area contributed by atoms with Gasteiger partial charge < -0.3 is 10.1 Å². The molecule has 0 aliphatic carbocycles. The van der Waals surface area contributed by atoms with Crippen molar-refractivity contribution in [2.75, 3.05) is 26.2 Å². The lowest BCUT2D eigenvalue weighted by Crippen LogP contribution is -2.58. The maximum absolute atomic E-state index is 5.82. The Balaban J connectivity index is 2.11. The molecule has 0 radical (unpaired) electrons. The molecule has 0 amide bonds. The van der Waals surface area contributed by atoms with Crippen molar-refractivity contribution in [2.45, 2.75) is 64.1 Å². The van der Waals surface area contributed by atoms with Crippen molar-refractivity contribution in [2.24, 2.45) is 0 Å². The van der Waals surface area contributed by atoms with Gasteiger partial charge in [-0.05, 0) is 53.5 Å². The molecule has 0 saturated carbocycles. The van der Waals surface area contributed by atoms with E-state index in [2.05, 4.69) is 37.9 Å². The molecule has 17 heavy (non-hydrogen) atoms. The van der Waals surface area contributed by atoms with Crippen LogP contribution < -0.4 is 5.32 Å². The summed E-state index contributed by atoms with van der Waals surface area (Å²) in [6.45, 7) is 13.7. The van der Waals surface area contributed by atoms with Crippen molar-refractivity contribution in [3.8, 4) is 0 Å². The first-order valence-corrected chi connectivity index (χ1v) is 7.02. The Bertz CT molecular complexity index is 239. The summed E-state index contributed by atoms with van der Waals surface area (Å²) in [5.41, 5.74) is 0.477. The molecular weight excluding hydrogens is 212 g/mol. The average Bonchev–Trinajstić information content (AvgIpc) is 2.70. The zero-order chi connectivity index (χ0) is 12.5. The molecule has 1 atom stereocenters. The lowest BCUT2D eigenvalue weighted by molar-refractivity contribution is -0.0208. The molecule has 0 aromatic heterocycles. The highest BCUT2D eigenvalue weighted by atomic mass is 16.5. The third-order valence-corrected chi connectivity index (χ3v) is 4.34. The Hall–Kier alpha value is -0.120. The van der Waals surface area contributed by atoms with Gasteiger partial charge in [-0.1, -0.05) is 0 Å². The van der Waals surface area contributed by atoms with Gasteiger partial charge in [0.05, 0.1) is 6.10 Å². The van der Waals surface area contributed by atoms with Gasteiger partial charge >= 0.3 is 0 Å². The van der Waals surface area contributed by atoms with Crippen LogP contribution in [0.15, 0.2) is 0 Å². The van der Waals surface area contributed by atoms with Crippen molar-refractivity contribution < 1.29 is 4.74 Å². The van der Waals surface area contributed by atoms with Crippen LogP contribution in [-0.4, -0.2) is 48.3 Å². The smallest absolute Gasteiger partial charge is 0.0703 e. The summed E-state index contributed by atoms with van der Waals surface area (Å²) in [7, 11) is 0. The largest absolute Gasteiger partial charge is 0.377 e. The molecule has 100 valence electrons. The number of hydrogen-bond acceptors (Lipinski definition) is 3. The molecule has 0 spiro atoms. The molecule has 0 bridgehead atoms. The van der Waals surface area contributed by atoms with Gasteiger partial charge in [0.15, 0.2) is 0 Å². The maximum Gasteiger partial charge on any atom is 0.0703 e. The molecule has 2 rings (SSSR count). The van der Waals surface area contributed by atoms with Gasteiger partial charge in [0.1, 0.15) is 0 Å². The van der Waals surface area contributed by atoms with E-state index in [1.807, 2.05) is 0 Å². The topological polar surface area (TPSA) is 24.5 Å². The van der Waals surface area contributed by atoms with Gasteiger partial charge in [0.25, 0.3) is 0 Å². The Morgan fingerprint density at radius 3 is 2.65 bits per heavy atom. The van der Waals surface area contributed by atoms with Gasteiger partial charge in [-0.15, -0.1) is 0 Å². The van der Waals surface area contributed by atoms with Crippen molar-refractivity contribution in [1.29, 1.82) is 0 Å². The van der Waals surface area contributed by atoms with E-state index in [9.17, 15) is 0 Å². The molecule has 2 saturated heterocycles. The Morgan fingerprint density at radius 1 is 1.24 bits per heavy atom. The monoisotopic (exact) mass is 240 g/mol. The summed E-state index contributed by atoms with van der Waals surface area (Å²) in [5.74, 6) is 0. The van der Waals surface area contributed by atoms with E-state index < -0.39 is 0 Å². The molecule has 2 fully saturated rings. The number of rotatable bonds is 2. The lowest BCUT2D eigenvalue weighted by Gasteiger charge is -2.47. The molecule has 2 aliphatic rings. The molecule has 0 aromatic rings. The van der Waals surface area contributed by atoms with E-state index in [1.165, 1.54) is 19.3 Å². The van der Waals surface area contributed by atoms with Gasteiger partial charge in [-0.2, -0.15) is 0 Å². The van der Waals surface area contributed by atoms with Gasteiger partial charge in [0.2, 0.25) is 0 Å². The molecule has 0 aromatic carbocycles. The molecule has 2 aliphatic heterocycles. The van der Waals surface area contributed by atoms with Crippen LogP contribution in [0.4, 0.5) is 0 Å². The van der Waals surface area contributed by atoms with E-state index >= 15 is 0 Å².